The molecule has 0 atom stereocenters. The second-order valence-corrected chi connectivity index (χ2v) is 6.40. The molecule has 108 valence electrons. The molecule has 0 amide bonds. The van der Waals surface area contributed by atoms with E-state index >= 15 is 0 Å². The van der Waals surface area contributed by atoms with Crippen LogP contribution in [0.1, 0.15) is 5.56 Å². The van der Waals surface area contributed by atoms with Crippen LogP contribution in [0.2, 0.25) is 5.02 Å². The van der Waals surface area contributed by atoms with Crippen molar-refractivity contribution in [2.45, 2.75) is 11.4 Å². The van der Waals surface area contributed by atoms with Crippen LogP contribution in [-0.4, -0.2) is 19.4 Å². The predicted molar refractivity (Wildman–Crippen MR) is 80.8 cm³/mol. The van der Waals surface area contributed by atoms with Crippen LogP contribution < -0.4 is 10.6 Å². The topological polar surface area (TPSA) is 83.5 Å². The number of sulfonamides is 1. The molecule has 2 N–H and O–H groups in total. The Bertz CT molecular complexity index is 806. The zero-order valence-corrected chi connectivity index (χ0v) is 12.3. The molecule has 0 fully saturated rings. The first kappa shape index (κ1) is 13.8. The predicted octanol–water partition coefficient (Wildman–Crippen LogP) is 1.99. The lowest BCUT2D eigenvalue weighted by Crippen LogP contribution is -2.34. The number of aromatic nitrogens is 1. The molecule has 6 nitrogen and oxygen atoms in total. The molecule has 0 radical (unpaired) electrons. The van der Waals surface area contributed by atoms with Crippen LogP contribution in [-0.2, 0) is 16.6 Å². The minimum absolute atomic E-state index is 0.110. The summed E-state index contributed by atoms with van der Waals surface area (Å²) in [7, 11) is -3.72. The lowest BCUT2D eigenvalue weighted by Gasteiger charge is -2.19. The fourth-order valence-corrected chi connectivity index (χ4v) is 3.16. The lowest BCUT2D eigenvalue weighted by atomic mass is 10.3. The molecule has 0 saturated heterocycles. The van der Waals surface area contributed by atoms with Gasteiger partial charge in [0.25, 0.3) is 10.0 Å². The van der Waals surface area contributed by atoms with Crippen molar-refractivity contribution < 1.29 is 8.42 Å². The zero-order valence-electron chi connectivity index (χ0n) is 10.7. The number of hydrogen-bond acceptors (Lipinski definition) is 5. The fourth-order valence-electron chi connectivity index (χ4n) is 1.91. The molecule has 0 spiro atoms. The van der Waals surface area contributed by atoms with Gasteiger partial charge in [0.2, 0.25) is 5.96 Å². The van der Waals surface area contributed by atoms with Crippen LogP contribution >= 0.6 is 11.6 Å². The van der Waals surface area contributed by atoms with E-state index in [2.05, 4.69) is 20.0 Å². The Balaban J connectivity index is 1.84. The largest absolute Gasteiger partial charge is 0.351 e. The van der Waals surface area contributed by atoms with E-state index in [1.54, 1.807) is 24.5 Å². The summed E-state index contributed by atoms with van der Waals surface area (Å²) in [4.78, 5) is 4.10. The number of fused-ring (bicyclic) bond motifs is 1. The molecule has 2 aromatic rings. The summed E-state index contributed by atoms with van der Waals surface area (Å²) < 4.78 is 27.9. The highest BCUT2D eigenvalue weighted by molar-refractivity contribution is 7.90. The second-order valence-electron chi connectivity index (χ2n) is 4.40. The average molecular weight is 323 g/mol. The lowest BCUT2D eigenvalue weighted by molar-refractivity contribution is 0.597. The summed E-state index contributed by atoms with van der Waals surface area (Å²) in [6.07, 6.45) is 3.36. The van der Waals surface area contributed by atoms with Gasteiger partial charge in [-0.2, -0.15) is 8.42 Å². The van der Waals surface area contributed by atoms with E-state index in [9.17, 15) is 8.42 Å². The number of pyridine rings is 1. The summed E-state index contributed by atoms with van der Waals surface area (Å²) in [5.41, 5.74) is 1.32. The third-order valence-corrected chi connectivity index (χ3v) is 4.44. The van der Waals surface area contributed by atoms with Crippen LogP contribution in [0.3, 0.4) is 0 Å². The maximum atomic E-state index is 12.1. The first-order valence-electron chi connectivity index (χ1n) is 6.09. The summed E-state index contributed by atoms with van der Waals surface area (Å²) in [5, 5.41) is 6.30. The molecule has 1 aromatic carbocycles. The smallest absolute Gasteiger partial charge is 0.287 e. The van der Waals surface area contributed by atoms with Crippen LogP contribution in [0.25, 0.3) is 0 Å². The van der Waals surface area contributed by atoms with Gasteiger partial charge in [-0.3, -0.25) is 4.98 Å². The van der Waals surface area contributed by atoms with E-state index in [4.69, 9.17) is 11.6 Å². The average Bonchev–Trinajstić information content (AvgIpc) is 2.45. The molecule has 21 heavy (non-hydrogen) atoms. The monoisotopic (exact) mass is 322 g/mol. The van der Waals surface area contributed by atoms with Crippen molar-refractivity contribution in [3.63, 3.8) is 0 Å². The van der Waals surface area contributed by atoms with Crippen LogP contribution in [0.4, 0.5) is 5.69 Å². The third kappa shape index (κ3) is 2.98. The van der Waals surface area contributed by atoms with Gasteiger partial charge in [-0.25, -0.2) is 0 Å². The van der Waals surface area contributed by atoms with Gasteiger partial charge in [0.1, 0.15) is 4.90 Å². The van der Waals surface area contributed by atoms with E-state index in [0.717, 1.165) is 5.56 Å². The number of guanidine groups is 1. The van der Waals surface area contributed by atoms with E-state index in [1.165, 1.54) is 12.1 Å². The Hall–Kier alpha value is -2.12. The van der Waals surface area contributed by atoms with Gasteiger partial charge in [-0.15, -0.1) is 4.40 Å². The number of nitrogens with one attached hydrogen (secondary N) is 2. The molecule has 0 unspecified atom stereocenters. The molecule has 8 heteroatoms. The van der Waals surface area contributed by atoms with Gasteiger partial charge in [-0.1, -0.05) is 17.7 Å². The number of anilines is 1. The van der Waals surface area contributed by atoms with Crippen molar-refractivity contribution in [1.82, 2.24) is 10.3 Å². The Labute approximate surface area is 126 Å². The van der Waals surface area contributed by atoms with Gasteiger partial charge >= 0.3 is 0 Å². The van der Waals surface area contributed by atoms with Gasteiger partial charge < -0.3 is 10.6 Å². The fraction of sp³-hybridized carbons (Fsp3) is 0.0769. The van der Waals surface area contributed by atoms with Crippen molar-refractivity contribution in [2.75, 3.05) is 5.32 Å². The van der Waals surface area contributed by atoms with Gasteiger partial charge in [0.15, 0.2) is 0 Å². The highest BCUT2D eigenvalue weighted by Crippen LogP contribution is 2.29. The first-order valence-corrected chi connectivity index (χ1v) is 7.91. The number of benzene rings is 1. The molecule has 3 rings (SSSR count). The number of nitrogens with zero attached hydrogens (tertiary/aromatic N) is 2. The Morgan fingerprint density at radius 1 is 1.29 bits per heavy atom. The first-order chi connectivity index (χ1) is 10.0. The Kier molecular flexibility index (Phi) is 3.52. The molecule has 2 heterocycles. The van der Waals surface area contributed by atoms with E-state index in [-0.39, 0.29) is 10.9 Å². The minimum Gasteiger partial charge on any atom is -0.351 e. The van der Waals surface area contributed by atoms with Crippen molar-refractivity contribution in [3.8, 4) is 0 Å². The quantitative estimate of drug-likeness (QED) is 0.883. The van der Waals surface area contributed by atoms with Gasteiger partial charge in [-0.05, 0) is 29.8 Å². The molecule has 0 saturated carbocycles. The Morgan fingerprint density at radius 2 is 2.14 bits per heavy atom. The zero-order chi connectivity index (χ0) is 14.9. The van der Waals surface area contributed by atoms with E-state index in [0.29, 0.717) is 17.3 Å². The Morgan fingerprint density at radius 3 is 2.90 bits per heavy atom. The van der Waals surface area contributed by atoms with Crippen LogP contribution in [0.5, 0.6) is 0 Å². The van der Waals surface area contributed by atoms with Crippen LogP contribution in [0, 0.1) is 0 Å². The normalized spacial score (nSPS) is 15.6. The molecule has 0 aliphatic carbocycles. The van der Waals surface area contributed by atoms with Crippen LogP contribution in [0.15, 0.2) is 52.0 Å². The number of rotatable bonds is 2. The van der Waals surface area contributed by atoms with Crippen molar-refractivity contribution in [1.29, 1.82) is 0 Å². The highest BCUT2D eigenvalue weighted by Gasteiger charge is 2.24. The van der Waals surface area contributed by atoms with Crippen molar-refractivity contribution in [3.05, 3.63) is 53.3 Å². The molecule has 1 aliphatic heterocycles. The van der Waals surface area contributed by atoms with Gasteiger partial charge in [0, 0.05) is 24.0 Å². The van der Waals surface area contributed by atoms with Gasteiger partial charge in [0.05, 0.1) is 5.69 Å². The summed E-state index contributed by atoms with van der Waals surface area (Å²) in [6.45, 7) is 0.408. The molecular weight excluding hydrogens is 312 g/mol. The molecule has 0 bridgehead atoms. The standard InChI is InChI=1S/C13H11ClN4O2S/c14-10-3-4-12-11(6-10)17-13(18-21(12,19)20)16-8-9-2-1-5-15-7-9/h1-7H,8H2,(H2,16,17,18). The summed E-state index contributed by atoms with van der Waals surface area (Å²) in [6, 6.07) is 8.18. The molecule has 1 aliphatic rings. The number of hydrogen-bond donors (Lipinski definition) is 2. The summed E-state index contributed by atoms with van der Waals surface area (Å²) >= 11 is 5.89. The van der Waals surface area contributed by atoms with E-state index < -0.39 is 10.0 Å². The SMILES string of the molecule is O=S1(=O)N=C(NCc2cccnc2)Nc2cc(Cl)ccc21. The highest BCUT2D eigenvalue weighted by atomic mass is 35.5. The minimum atomic E-state index is -3.72. The molecular formula is C13H11ClN4O2S. The van der Waals surface area contributed by atoms with Crippen molar-refractivity contribution >= 4 is 33.3 Å². The molecule has 1 aromatic heterocycles. The summed E-state index contributed by atoms with van der Waals surface area (Å²) in [5.74, 6) is 0.161. The maximum absolute atomic E-state index is 12.1. The maximum Gasteiger partial charge on any atom is 0.287 e. The van der Waals surface area contributed by atoms with E-state index in [1.807, 2.05) is 6.07 Å². The van der Waals surface area contributed by atoms with Crippen molar-refractivity contribution in [2.24, 2.45) is 4.40 Å². The third-order valence-electron chi connectivity index (χ3n) is 2.87. The second kappa shape index (κ2) is 5.34. The number of halogens is 1.